The van der Waals surface area contributed by atoms with Crippen LogP contribution in [0.5, 0.6) is 5.75 Å². The second kappa shape index (κ2) is 11.5. The molecule has 0 aliphatic carbocycles. The van der Waals surface area contributed by atoms with E-state index in [9.17, 15) is 25.0 Å². The van der Waals surface area contributed by atoms with Gasteiger partial charge in [0.25, 0.3) is 11.4 Å². The van der Waals surface area contributed by atoms with Crippen molar-refractivity contribution in [1.82, 2.24) is 0 Å². The van der Waals surface area contributed by atoms with E-state index in [1.54, 1.807) is 12.1 Å². The molecule has 0 saturated heterocycles. The lowest BCUT2D eigenvalue weighted by Gasteiger charge is -2.31. The maximum atomic E-state index is 12.6. The molecule has 0 radical (unpaired) electrons. The van der Waals surface area contributed by atoms with Gasteiger partial charge in [0.15, 0.2) is 5.75 Å². The van der Waals surface area contributed by atoms with Crippen LogP contribution in [0.25, 0.3) is 0 Å². The number of nitro groups is 2. The minimum absolute atomic E-state index is 0.0840. The second-order valence-electron chi connectivity index (χ2n) is 10.3. The van der Waals surface area contributed by atoms with E-state index in [2.05, 4.69) is 5.32 Å². The van der Waals surface area contributed by atoms with Gasteiger partial charge in [-0.05, 0) is 61.4 Å². The van der Waals surface area contributed by atoms with Gasteiger partial charge in [0.2, 0.25) is 5.88 Å². The van der Waals surface area contributed by atoms with Crippen LogP contribution >= 0.6 is 0 Å². The van der Waals surface area contributed by atoms with Crippen molar-refractivity contribution in [3.05, 3.63) is 135 Å². The Labute approximate surface area is 242 Å². The average molecular weight is 565 g/mol. The van der Waals surface area contributed by atoms with Crippen LogP contribution in [0.4, 0.5) is 34.1 Å². The Morgan fingerprint density at radius 3 is 2.17 bits per heavy atom. The quantitative estimate of drug-likeness (QED) is 0.152. The summed E-state index contributed by atoms with van der Waals surface area (Å²) in [6, 6.07) is 27.9. The van der Waals surface area contributed by atoms with E-state index >= 15 is 0 Å². The summed E-state index contributed by atoms with van der Waals surface area (Å²) in [7, 11) is 0. The number of fused-ring (bicyclic) bond motifs is 1. The molecule has 1 heterocycles. The number of para-hydroxylation sites is 2. The van der Waals surface area contributed by atoms with Crippen LogP contribution in [0.1, 0.15) is 32.3 Å². The van der Waals surface area contributed by atoms with Crippen molar-refractivity contribution in [2.75, 3.05) is 10.2 Å². The SMILES string of the molecule is CC(=O)CC(C)(C/C=C1\Oc2cc([N+](=O)[O-])ccc2N1c1ccccc1)c1cc([N+](=O)[O-])ccc1Nc1ccccc1. The van der Waals surface area contributed by atoms with Gasteiger partial charge in [0, 0.05) is 47.1 Å². The maximum Gasteiger partial charge on any atom is 0.273 e. The number of hydrogen-bond acceptors (Lipinski definition) is 8. The fourth-order valence-electron chi connectivity index (χ4n) is 5.21. The molecule has 42 heavy (non-hydrogen) atoms. The van der Waals surface area contributed by atoms with E-state index in [-0.39, 0.29) is 30.0 Å². The predicted molar refractivity (Wildman–Crippen MR) is 160 cm³/mol. The number of hydrogen-bond donors (Lipinski definition) is 1. The lowest BCUT2D eigenvalue weighted by atomic mass is 9.74. The summed E-state index contributed by atoms with van der Waals surface area (Å²) in [5.41, 5.74) is 2.38. The maximum absolute atomic E-state index is 12.6. The Kier molecular flexibility index (Phi) is 7.70. The minimum atomic E-state index is -0.880. The number of Topliss-reactive ketones (excluding diaryl/α,β-unsaturated/α-hetero) is 1. The van der Waals surface area contributed by atoms with Crippen LogP contribution in [-0.2, 0) is 10.2 Å². The van der Waals surface area contributed by atoms with Crippen LogP contribution < -0.4 is 15.0 Å². The van der Waals surface area contributed by atoms with Crippen LogP contribution in [0.15, 0.2) is 109 Å². The first-order valence-corrected chi connectivity index (χ1v) is 13.3. The molecule has 0 amide bonds. The number of rotatable bonds is 10. The van der Waals surface area contributed by atoms with Crippen molar-refractivity contribution >= 4 is 39.9 Å². The third-order valence-corrected chi connectivity index (χ3v) is 7.13. The molecule has 0 fully saturated rings. The van der Waals surface area contributed by atoms with Gasteiger partial charge in [0.05, 0.1) is 21.6 Å². The molecular weight excluding hydrogens is 536 g/mol. The third-order valence-electron chi connectivity index (χ3n) is 7.13. The minimum Gasteiger partial charge on any atom is -0.438 e. The lowest BCUT2D eigenvalue weighted by Crippen LogP contribution is -2.26. The Balaban J connectivity index is 1.59. The second-order valence-corrected chi connectivity index (χ2v) is 10.3. The van der Waals surface area contributed by atoms with E-state index in [4.69, 9.17) is 4.74 Å². The summed E-state index contributed by atoms with van der Waals surface area (Å²) in [4.78, 5) is 36.7. The topological polar surface area (TPSA) is 128 Å². The number of ether oxygens (including phenoxy) is 1. The van der Waals surface area contributed by atoms with Gasteiger partial charge in [-0.2, -0.15) is 0 Å². The van der Waals surface area contributed by atoms with Crippen LogP contribution in [0.3, 0.4) is 0 Å². The molecular formula is C32H28N4O6. The number of carbonyl (C=O) groups is 1. The van der Waals surface area contributed by atoms with Crippen molar-refractivity contribution in [3.8, 4) is 5.75 Å². The van der Waals surface area contributed by atoms with Gasteiger partial charge >= 0.3 is 0 Å². The standard InChI is InChI=1S/C32H28N4O6/c1-22(37)21-32(2,27-19-25(35(38)39)13-15-28(27)33-23-9-5-3-6-10-23)18-17-31-34(24-11-7-4-8-12-24)29-16-14-26(36(40)41)20-30(29)42-31/h3-17,19-20,33H,18,21H2,1-2H3/b31-17-. The number of carbonyl (C=O) groups excluding carboxylic acids is 1. The number of nitro benzene ring substituents is 2. The highest BCUT2D eigenvalue weighted by molar-refractivity contribution is 5.80. The molecule has 0 aromatic heterocycles. The fraction of sp³-hybridized carbons (Fsp3) is 0.156. The zero-order valence-electron chi connectivity index (χ0n) is 23.0. The molecule has 4 aromatic rings. The number of nitrogens with one attached hydrogen (secondary N) is 1. The van der Waals surface area contributed by atoms with E-state index in [1.807, 2.05) is 78.6 Å². The number of non-ortho nitro benzene ring substituents is 2. The highest BCUT2D eigenvalue weighted by Gasteiger charge is 2.35. The summed E-state index contributed by atoms with van der Waals surface area (Å²) in [6.07, 6.45) is 2.20. The lowest BCUT2D eigenvalue weighted by molar-refractivity contribution is -0.385. The van der Waals surface area contributed by atoms with Crippen molar-refractivity contribution in [2.45, 2.75) is 32.1 Å². The fourth-order valence-corrected chi connectivity index (χ4v) is 5.21. The molecule has 0 spiro atoms. The predicted octanol–water partition coefficient (Wildman–Crippen LogP) is 7.95. The Hall–Kier alpha value is -5.51. The summed E-state index contributed by atoms with van der Waals surface area (Å²) >= 11 is 0. The van der Waals surface area contributed by atoms with Crippen molar-refractivity contribution in [2.24, 2.45) is 0 Å². The molecule has 10 nitrogen and oxygen atoms in total. The normalized spacial score (nSPS) is 14.5. The summed E-state index contributed by atoms with van der Waals surface area (Å²) < 4.78 is 6.16. The highest BCUT2D eigenvalue weighted by Crippen LogP contribution is 2.47. The molecule has 0 bridgehead atoms. The van der Waals surface area contributed by atoms with E-state index < -0.39 is 15.3 Å². The van der Waals surface area contributed by atoms with E-state index in [0.717, 1.165) is 11.4 Å². The van der Waals surface area contributed by atoms with E-state index in [1.165, 1.54) is 31.2 Å². The van der Waals surface area contributed by atoms with Gasteiger partial charge in [-0.15, -0.1) is 0 Å². The molecule has 1 aliphatic rings. The average Bonchev–Trinajstić information content (AvgIpc) is 3.34. The Bertz CT molecular complexity index is 1690. The zero-order chi connectivity index (χ0) is 29.9. The molecule has 212 valence electrons. The van der Waals surface area contributed by atoms with Crippen LogP contribution in [0.2, 0.25) is 0 Å². The molecule has 0 saturated carbocycles. The summed E-state index contributed by atoms with van der Waals surface area (Å²) in [5, 5.41) is 26.5. The largest absolute Gasteiger partial charge is 0.438 e. The number of benzene rings is 4. The monoisotopic (exact) mass is 564 g/mol. The molecule has 1 unspecified atom stereocenters. The number of ketones is 1. The van der Waals surface area contributed by atoms with Crippen molar-refractivity contribution in [3.63, 3.8) is 0 Å². The van der Waals surface area contributed by atoms with Crippen molar-refractivity contribution in [1.29, 1.82) is 0 Å². The van der Waals surface area contributed by atoms with Gasteiger partial charge < -0.3 is 10.1 Å². The van der Waals surface area contributed by atoms with Crippen LogP contribution in [-0.4, -0.2) is 15.6 Å². The molecule has 5 rings (SSSR count). The molecule has 4 aromatic carbocycles. The smallest absolute Gasteiger partial charge is 0.273 e. The molecule has 10 heteroatoms. The first-order valence-electron chi connectivity index (χ1n) is 13.3. The van der Waals surface area contributed by atoms with Gasteiger partial charge in [-0.3, -0.25) is 29.9 Å². The van der Waals surface area contributed by atoms with Crippen molar-refractivity contribution < 1.29 is 19.4 Å². The Morgan fingerprint density at radius 2 is 1.52 bits per heavy atom. The van der Waals surface area contributed by atoms with E-state index in [0.29, 0.717) is 28.6 Å². The summed E-state index contributed by atoms with van der Waals surface area (Å²) in [5.74, 6) is 0.656. The molecule has 1 N–H and O–H groups in total. The van der Waals surface area contributed by atoms with Crippen LogP contribution in [0, 0.1) is 20.2 Å². The van der Waals surface area contributed by atoms with Gasteiger partial charge in [-0.1, -0.05) is 43.3 Å². The first kappa shape index (κ1) is 28.0. The Morgan fingerprint density at radius 1 is 0.905 bits per heavy atom. The third kappa shape index (κ3) is 5.83. The molecule has 1 atom stereocenters. The first-order chi connectivity index (χ1) is 20.1. The highest BCUT2D eigenvalue weighted by atomic mass is 16.6. The number of nitrogens with zero attached hydrogens (tertiary/aromatic N) is 3. The number of anilines is 4. The number of allylic oxidation sites excluding steroid dienone is 1. The van der Waals surface area contributed by atoms with Gasteiger partial charge in [-0.25, -0.2) is 0 Å². The van der Waals surface area contributed by atoms with Gasteiger partial charge in [0.1, 0.15) is 5.78 Å². The summed E-state index contributed by atoms with van der Waals surface area (Å²) in [6.45, 7) is 3.38. The zero-order valence-corrected chi connectivity index (χ0v) is 23.0. The molecule has 1 aliphatic heterocycles.